The van der Waals surface area contributed by atoms with Crippen LogP contribution in [0.2, 0.25) is 0 Å². The minimum atomic E-state index is -1.07. The van der Waals surface area contributed by atoms with Crippen molar-refractivity contribution in [2.24, 2.45) is 10.7 Å². The maximum absolute atomic E-state index is 11.5. The summed E-state index contributed by atoms with van der Waals surface area (Å²) >= 11 is 0. The van der Waals surface area contributed by atoms with E-state index in [1.807, 2.05) is 60.7 Å². The summed E-state index contributed by atoms with van der Waals surface area (Å²) in [5.74, 6) is -1.61. The molecule has 2 aromatic rings. The smallest absolute Gasteiger partial charge is 1.00 e. The molecular weight excluding hydrogens is 315 g/mol. The van der Waals surface area contributed by atoms with Crippen LogP contribution in [0, 0.1) is 0 Å². The monoisotopic (exact) mass is 334 g/mol. The third-order valence-corrected chi connectivity index (χ3v) is 3.33. The number of hydrogen-bond donors (Lipinski definition) is 2. The molecule has 0 aromatic heterocycles. The van der Waals surface area contributed by atoms with E-state index >= 15 is 0 Å². The van der Waals surface area contributed by atoms with E-state index in [4.69, 9.17) is 5.73 Å². The first kappa shape index (κ1) is 20.1. The van der Waals surface area contributed by atoms with E-state index in [-0.39, 0.29) is 43.8 Å². The molecule has 120 valence electrons. The number of nitrogens with zero attached hydrogens (tertiary/aromatic N) is 1. The molecule has 1 unspecified atom stereocenters. The molecule has 0 radical (unpaired) electrons. The van der Waals surface area contributed by atoms with Gasteiger partial charge in [-0.25, -0.2) is 4.79 Å². The van der Waals surface area contributed by atoms with Gasteiger partial charge >= 0.3 is 35.5 Å². The third-order valence-electron chi connectivity index (χ3n) is 3.33. The van der Waals surface area contributed by atoms with Crippen LogP contribution in [0.4, 0.5) is 0 Å². The summed E-state index contributed by atoms with van der Waals surface area (Å²) in [5, 5.41) is 9.37. The number of carboxylic acid groups (broad SMARTS) is 1. The van der Waals surface area contributed by atoms with Gasteiger partial charge in [0.05, 0.1) is 5.71 Å². The van der Waals surface area contributed by atoms with Crippen LogP contribution < -0.4 is 35.3 Å². The third kappa shape index (κ3) is 5.92. The minimum absolute atomic E-state index is 0. The summed E-state index contributed by atoms with van der Waals surface area (Å²) in [6.45, 7) is 0. The molecule has 0 aliphatic rings. The molecule has 0 spiro atoms. The van der Waals surface area contributed by atoms with Gasteiger partial charge in [0.1, 0.15) is 6.04 Å². The fourth-order valence-electron chi connectivity index (χ4n) is 2.19. The van der Waals surface area contributed by atoms with Crippen LogP contribution in [0.1, 0.15) is 25.4 Å². The normalized spacial score (nSPS) is 11.0. The zero-order valence-corrected chi connectivity index (χ0v) is 15.6. The van der Waals surface area contributed by atoms with Crippen molar-refractivity contribution in [3.05, 3.63) is 71.8 Å². The molecular formula is C18H19N2NaO3. The van der Waals surface area contributed by atoms with E-state index in [1.54, 1.807) is 0 Å². The first-order valence-electron chi connectivity index (χ1n) is 7.27. The SMILES string of the molecule is NC(=O)CCC(N=C(c1ccccc1)c1ccccc1)C(=O)O.[H-].[Na+]. The van der Waals surface area contributed by atoms with Crippen molar-refractivity contribution in [3.8, 4) is 0 Å². The molecule has 0 saturated carbocycles. The second-order valence-corrected chi connectivity index (χ2v) is 5.07. The molecule has 0 fully saturated rings. The van der Waals surface area contributed by atoms with Gasteiger partial charge in [0.15, 0.2) is 0 Å². The number of aliphatic carboxylic acids is 1. The summed E-state index contributed by atoms with van der Waals surface area (Å²) in [6.07, 6.45) is 0.0607. The molecule has 0 heterocycles. The van der Waals surface area contributed by atoms with E-state index in [0.717, 1.165) is 11.1 Å². The fourth-order valence-corrected chi connectivity index (χ4v) is 2.19. The van der Waals surface area contributed by atoms with Crippen LogP contribution in [0.5, 0.6) is 0 Å². The summed E-state index contributed by atoms with van der Waals surface area (Å²) in [7, 11) is 0. The average Bonchev–Trinajstić information content (AvgIpc) is 2.56. The largest absolute Gasteiger partial charge is 1.00 e. The minimum Gasteiger partial charge on any atom is -1.00 e. The summed E-state index contributed by atoms with van der Waals surface area (Å²) < 4.78 is 0. The Bertz CT molecular complexity index is 667. The Hall–Kier alpha value is -1.95. The Morgan fingerprint density at radius 2 is 1.46 bits per heavy atom. The average molecular weight is 334 g/mol. The van der Waals surface area contributed by atoms with E-state index in [1.165, 1.54) is 0 Å². The molecule has 0 aliphatic carbocycles. The van der Waals surface area contributed by atoms with Crippen molar-refractivity contribution < 1.29 is 45.7 Å². The Balaban J connectivity index is 0.00000288. The standard InChI is InChI=1S/C18H18N2O3.Na.H/c19-16(21)12-11-15(18(22)23)20-17(13-7-3-1-4-8-13)14-9-5-2-6-10-14;;/h1-10,15H,11-12H2,(H2,19,21)(H,22,23);;/q;+1;-1. The summed E-state index contributed by atoms with van der Waals surface area (Å²) in [5.41, 5.74) is 7.35. The number of rotatable bonds is 7. The molecule has 0 aliphatic heterocycles. The van der Waals surface area contributed by atoms with Crippen molar-refractivity contribution in [2.75, 3.05) is 0 Å². The van der Waals surface area contributed by atoms with Crippen molar-refractivity contribution >= 4 is 17.6 Å². The molecule has 1 amide bonds. The molecule has 0 saturated heterocycles. The van der Waals surface area contributed by atoms with Crippen molar-refractivity contribution in [1.82, 2.24) is 0 Å². The van der Waals surface area contributed by atoms with Gasteiger partial charge in [-0.3, -0.25) is 9.79 Å². The Labute approximate surface area is 164 Å². The Morgan fingerprint density at radius 1 is 1.00 bits per heavy atom. The molecule has 2 aromatic carbocycles. The second-order valence-electron chi connectivity index (χ2n) is 5.07. The molecule has 0 bridgehead atoms. The van der Waals surface area contributed by atoms with Crippen molar-refractivity contribution in [2.45, 2.75) is 18.9 Å². The number of hydrogen-bond acceptors (Lipinski definition) is 3. The number of nitrogens with two attached hydrogens (primary N) is 1. The van der Waals surface area contributed by atoms with Gasteiger partial charge in [-0.2, -0.15) is 0 Å². The number of carboxylic acids is 1. The van der Waals surface area contributed by atoms with Crippen LogP contribution >= 0.6 is 0 Å². The van der Waals surface area contributed by atoms with E-state index in [9.17, 15) is 14.7 Å². The zero-order chi connectivity index (χ0) is 16.7. The first-order chi connectivity index (χ1) is 11.1. The zero-order valence-electron chi connectivity index (χ0n) is 14.6. The van der Waals surface area contributed by atoms with Crippen molar-refractivity contribution in [1.29, 1.82) is 0 Å². The topological polar surface area (TPSA) is 92.8 Å². The fraction of sp³-hybridized carbons (Fsp3) is 0.167. The molecule has 5 nitrogen and oxygen atoms in total. The van der Waals surface area contributed by atoms with E-state index < -0.39 is 17.9 Å². The quantitative estimate of drug-likeness (QED) is 0.521. The summed E-state index contributed by atoms with van der Waals surface area (Å²) in [4.78, 5) is 26.8. The van der Waals surface area contributed by atoms with E-state index in [2.05, 4.69) is 4.99 Å². The number of aliphatic imine (C=N–C) groups is 1. The Kier molecular flexibility index (Phi) is 8.40. The van der Waals surface area contributed by atoms with Crippen molar-refractivity contribution in [3.63, 3.8) is 0 Å². The van der Waals surface area contributed by atoms with Crippen LogP contribution in [0.3, 0.4) is 0 Å². The van der Waals surface area contributed by atoms with Gasteiger partial charge < -0.3 is 12.3 Å². The van der Waals surface area contributed by atoms with Crippen LogP contribution in [-0.4, -0.2) is 28.7 Å². The number of primary amides is 1. The molecule has 3 N–H and O–H groups in total. The van der Waals surface area contributed by atoms with Gasteiger partial charge in [-0.1, -0.05) is 60.7 Å². The van der Waals surface area contributed by atoms with Crippen LogP contribution in [-0.2, 0) is 9.59 Å². The maximum atomic E-state index is 11.5. The van der Waals surface area contributed by atoms with Gasteiger partial charge in [-0.15, -0.1) is 0 Å². The Morgan fingerprint density at radius 3 is 1.83 bits per heavy atom. The van der Waals surface area contributed by atoms with Gasteiger partial charge in [-0.05, 0) is 6.42 Å². The number of carbonyl (C=O) groups excluding carboxylic acids is 1. The second kappa shape index (κ2) is 10.0. The molecule has 24 heavy (non-hydrogen) atoms. The number of amides is 1. The predicted octanol–water partition coefficient (Wildman–Crippen LogP) is -0.641. The van der Waals surface area contributed by atoms with Gasteiger partial charge in [0.25, 0.3) is 0 Å². The van der Waals surface area contributed by atoms with Crippen LogP contribution in [0.15, 0.2) is 65.7 Å². The maximum Gasteiger partial charge on any atom is 1.00 e. The molecule has 2 rings (SSSR count). The van der Waals surface area contributed by atoms with Crippen LogP contribution in [0.25, 0.3) is 0 Å². The number of benzene rings is 2. The molecule has 6 heteroatoms. The summed E-state index contributed by atoms with van der Waals surface area (Å²) in [6, 6.07) is 17.7. The molecule has 1 atom stereocenters. The van der Waals surface area contributed by atoms with Gasteiger partial charge in [0, 0.05) is 17.5 Å². The number of carbonyl (C=O) groups is 2. The van der Waals surface area contributed by atoms with E-state index in [0.29, 0.717) is 5.71 Å². The first-order valence-corrected chi connectivity index (χ1v) is 7.27. The predicted molar refractivity (Wildman–Crippen MR) is 89.5 cm³/mol. The van der Waals surface area contributed by atoms with Gasteiger partial charge in [0.2, 0.25) is 5.91 Å².